The molecule has 13 heteroatoms. The average molecular weight is 654 g/mol. The smallest absolute Gasteiger partial charge is 0.417 e. The minimum atomic E-state index is -4.87. The highest BCUT2D eigenvalue weighted by molar-refractivity contribution is 7.92. The van der Waals surface area contributed by atoms with Crippen LogP contribution in [-0.4, -0.2) is 57.1 Å². The zero-order chi connectivity index (χ0) is 32.7. The summed E-state index contributed by atoms with van der Waals surface area (Å²) in [4.78, 5) is 29.1. The van der Waals surface area contributed by atoms with Crippen molar-refractivity contribution in [2.75, 3.05) is 24.2 Å². The van der Waals surface area contributed by atoms with Crippen molar-refractivity contribution in [3.8, 4) is 5.75 Å². The van der Waals surface area contributed by atoms with Crippen LogP contribution in [0.3, 0.4) is 0 Å². The number of carbonyl (C=O) groups is 2. The summed E-state index contributed by atoms with van der Waals surface area (Å²) in [6.07, 6.45) is -3.37. The van der Waals surface area contributed by atoms with Crippen molar-refractivity contribution in [2.45, 2.75) is 51.5 Å². The first kappa shape index (κ1) is 34.7. The number of amides is 2. The van der Waals surface area contributed by atoms with Crippen LogP contribution in [0.1, 0.15) is 37.0 Å². The number of sulfonamides is 1. The quantitative estimate of drug-likeness (QED) is 0.256. The molecule has 0 bridgehead atoms. The monoisotopic (exact) mass is 653 g/mol. The van der Waals surface area contributed by atoms with Crippen LogP contribution in [0.4, 0.5) is 18.9 Å². The molecule has 3 aromatic rings. The van der Waals surface area contributed by atoms with Gasteiger partial charge in [-0.3, -0.25) is 13.9 Å². The van der Waals surface area contributed by atoms with E-state index in [2.05, 4.69) is 5.32 Å². The first-order chi connectivity index (χ1) is 20.6. The Labute approximate surface area is 260 Å². The predicted octanol–water partition coefficient (Wildman–Crippen LogP) is 5.69. The summed E-state index contributed by atoms with van der Waals surface area (Å²) < 4.78 is 72.6. The lowest BCUT2D eigenvalue weighted by atomic mass is 10.0. The molecule has 0 aliphatic heterocycles. The van der Waals surface area contributed by atoms with Crippen LogP contribution in [0.2, 0.25) is 5.02 Å². The van der Waals surface area contributed by atoms with Gasteiger partial charge in [0.1, 0.15) is 18.3 Å². The van der Waals surface area contributed by atoms with Gasteiger partial charge >= 0.3 is 6.18 Å². The second-order valence-corrected chi connectivity index (χ2v) is 12.6. The highest BCUT2D eigenvalue weighted by Gasteiger charge is 2.36. The Hall–Kier alpha value is -3.77. The predicted molar refractivity (Wildman–Crippen MR) is 164 cm³/mol. The van der Waals surface area contributed by atoms with Crippen LogP contribution >= 0.6 is 11.6 Å². The van der Waals surface area contributed by atoms with Gasteiger partial charge in [0.25, 0.3) is 0 Å². The van der Waals surface area contributed by atoms with E-state index in [-0.39, 0.29) is 19.0 Å². The minimum absolute atomic E-state index is 0.0941. The van der Waals surface area contributed by atoms with E-state index in [0.717, 1.165) is 24.0 Å². The van der Waals surface area contributed by atoms with Gasteiger partial charge in [-0.2, -0.15) is 13.2 Å². The lowest BCUT2D eigenvalue weighted by Gasteiger charge is -2.34. The van der Waals surface area contributed by atoms with Gasteiger partial charge in [-0.05, 0) is 54.8 Å². The van der Waals surface area contributed by atoms with Gasteiger partial charge in [0.15, 0.2) is 0 Å². The van der Waals surface area contributed by atoms with E-state index in [0.29, 0.717) is 28.1 Å². The van der Waals surface area contributed by atoms with Crippen LogP contribution in [0.25, 0.3) is 0 Å². The van der Waals surface area contributed by atoms with Gasteiger partial charge in [-0.15, -0.1) is 0 Å². The molecule has 44 heavy (non-hydrogen) atoms. The van der Waals surface area contributed by atoms with E-state index < -0.39 is 56.9 Å². The molecule has 3 aromatic carbocycles. The average Bonchev–Trinajstić information content (AvgIpc) is 2.97. The van der Waals surface area contributed by atoms with Gasteiger partial charge < -0.3 is 15.0 Å². The summed E-state index contributed by atoms with van der Waals surface area (Å²) in [6, 6.07) is 17.1. The van der Waals surface area contributed by atoms with Crippen molar-refractivity contribution >= 4 is 39.1 Å². The van der Waals surface area contributed by atoms with E-state index in [1.165, 1.54) is 12.0 Å². The number of alkyl halides is 3. The van der Waals surface area contributed by atoms with Gasteiger partial charge in [0.2, 0.25) is 21.8 Å². The molecule has 3 rings (SSSR count). The molecule has 0 aliphatic carbocycles. The summed E-state index contributed by atoms with van der Waals surface area (Å²) in [5.74, 6) is -0.768. The highest BCUT2D eigenvalue weighted by atomic mass is 35.5. The number of anilines is 1. The maximum absolute atomic E-state index is 14.1. The molecular weight excluding hydrogens is 619 g/mol. The molecule has 0 unspecified atom stereocenters. The van der Waals surface area contributed by atoms with E-state index in [1.807, 2.05) is 19.9 Å². The van der Waals surface area contributed by atoms with Gasteiger partial charge in [0, 0.05) is 19.0 Å². The van der Waals surface area contributed by atoms with E-state index in [4.69, 9.17) is 16.3 Å². The number of benzene rings is 3. The molecule has 0 spiro atoms. The summed E-state index contributed by atoms with van der Waals surface area (Å²) in [5, 5.41) is 2.29. The minimum Gasteiger partial charge on any atom is -0.497 e. The number of hydrogen-bond donors (Lipinski definition) is 1. The van der Waals surface area contributed by atoms with Crippen molar-refractivity contribution in [3.63, 3.8) is 0 Å². The van der Waals surface area contributed by atoms with Gasteiger partial charge in [-0.1, -0.05) is 61.0 Å². The molecule has 0 aromatic heterocycles. The Bertz CT molecular complexity index is 1550. The Kier molecular flexibility index (Phi) is 11.7. The molecule has 8 nitrogen and oxygen atoms in total. The van der Waals surface area contributed by atoms with E-state index in [1.54, 1.807) is 48.5 Å². The highest BCUT2D eigenvalue weighted by Crippen LogP contribution is 2.37. The fraction of sp³-hybridized carbons (Fsp3) is 0.355. The number of methoxy groups -OCH3 is 1. The molecule has 2 amide bonds. The SMILES string of the molecule is CC[C@@H](C)NC(=O)[C@@H](Cc1ccccc1)N(Cc1cccc(OC)c1)C(=O)CN(c1ccc(Cl)c(C(F)(F)F)c1)S(C)(=O)=O. The van der Waals surface area contributed by atoms with Crippen molar-refractivity contribution in [1.82, 2.24) is 10.2 Å². The lowest BCUT2D eigenvalue weighted by molar-refractivity contribution is -0.140. The Morgan fingerprint density at radius 1 is 1.00 bits per heavy atom. The molecule has 0 saturated heterocycles. The van der Waals surface area contributed by atoms with E-state index in [9.17, 15) is 31.2 Å². The number of nitrogens with one attached hydrogen (secondary N) is 1. The second kappa shape index (κ2) is 14.8. The molecule has 0 radical (unpaired) electrons. The summed E-state index contributed by atoms with van der Waals surface area (Å²) in [7, 11) is -2.80. The lowest BCUT2D eigenvalue weighted by Crippen LogP contribution is -2.54. The number of hydrogen-bond acceptors (Lipinski definition) is 5. The Morgan fingerprint density at radius 2 is 1.66 bits per heavy atom. The first-order valence-corrected chi connectivity index (χ1v) is 16.0. The van der Waals surface area contributed by atoms with Crippen molar-refractivity contribution in [2.24, 2.45) is 0 Å². The zero-order valence-electron chi connectivity index (χ0n) is 24.8. The molecule has 1 N–H and O–H groups in total. The van der Waals surface area contributed by atoms with Gasteiger partial charge in [-0.25, -0.2) is 8.42 Å². The fourth-order valence-corrected chi connectivity index (χ4v) is 5.53. The largest absolute Gasteiger partial charge is 0.497 e. The Morgan fingerprint density at radius 3 is 2.25 bits per heavy atom. The molecule has 0 heterocycles. The summed E-state index contributed by atoms with van der Waals surface area (Å²) >= 11 is 5.76. The maximum atomic E-state index is 14.1. The zero-order valence-corrected chi connectivity index (χ0v) is 26.3. The first-order valence-electron chi connectivity index (χ1n) is 13.7. The van der Waals surface area contributed by atoms with Crippen LogP contribution in [0.15, 0.2) is 72.8 Å². The fourth-order valence-electron chi connectivity index (χ4n) is 4.46. The topological polar surface area (TPSA) is 96.0 Å². The molecule has 0 saturated carbocycles. The van der Waals surface area contributed by atoms with Crippen molar-refractivity contribution in [3.05, 3.63) is 94.5 Å². The second-order valence-electron chi connectivity index (χ2n) is 10.3. The standard InChI is InChI=1S/C31H35ClF3N3O5S/c1-5-21(2)36-30(40)28(17-22-10-7-6-8-11-22)37(19-23-12-9-13-25(16-23)43-3)29(39)20-38(44(4,41)42)24-14-15-27(32)26(18-24)31(33,34)35/h6-16,18,21,28H,5,17,19-20H2,1-4H3,(H,36,40)/t21-,28-/m1/s1. The van der Waals surface area contributed by atoms with Crippen molar-refractivity contribution < 1.29 is 35.9 Å². The molecule has 238 valence electrons. The molecule has 0 aliphatic rings. The van der Waals surface area contributed by atoms with Crippen LogP contribution < -0.4 is 14.4 Å². The third-order valence-corrected chi connectivity index (χ3v) is 8.45. The number of rotatable bonds is 13. The Balaban J connectivity index is 2.12. The van der Waals surface area contributed by atoms with Crippen LogP contribution in [0, 0.1) is 0 Å². The number of carbonyl (C=O) groups excluding carboxylic acids is 2. The molecule has 0 fully saturated rings. The van der Waals surface area contributed by atoms with E-state index >= 15 is 0 Å². The maximum Gasteiger partial charge on any atom is 0.417 e. The van der Waals surface area contributed by atoms with Gasteiger partial charge in [0.05, 0.1) is 29.6 Å². The molecular formula is C31H35ClF3N3O5S. The summed E-state index contributed by atoms with van der Waals surface area (Å²) in [5.41, 5.74) is -0.319. The van der Waals surface area contributed by atoms with Crippen LogP contribution in [0.5, 0.6) is 5.75 Å². The summed E-state index contributed by atoms with van der Waals surface area (Å²) in [6.45, 7) is 2.72. The molecule has 2 atom stereocenters. The third kappa shape index (κ3) is 9.36. The number of halogens is 4. The third-order valence-electron chi connectivity index (χ3n) is 6.98. The van der Waals surface area contributed by atoms with Crippen molar-refractivity contribution in [1.29, 1.82) is 0 Å². The van der Waals surface area contributed by atoms with Crippen LogP contribution in [-0.2, 0) is 38.8 Å². The number of nitrogens with zero attached hydrogens (tertiary/aromatic N) is 2. The normalized spacial score (nSPS) is 13.1. The number of ether oxygens (including phenoxy) is 1.